The van der Waals surface area contributed by atoms with E-state index in [0.29, 0.717) is 6.61 Å². The molecule has 0 atom stereocenters. The maximum absolute atomic E-state index is 10.7. The summed E-state index contributed by atoms with van der Waals surface area (Å²) in [5, 5.41) is 0. The summed E-state index contributed by atoms with van der Waals surface area (Å²) in [4.78, 5) is 15.3. The number of hydrogen-bond donors (Lipinski definition) is 1. The fraction of sp³-hybridized carbons (Fsp3) is 0.500. The van der Waals surface area contributed by atoms with Crippen molar-refractivity contribution in [3.63, 3.8) is 0 Å². The Hall–Kier alpha value is -1.75. The molecule has 0 aromatic heterocycles. The molecule has 1 aromatic rings. The van der Waals surface area contributed by atoms with E-state index in [1.54, 1.807) is 0 Å². The number of nitrogen functional groups attached to an aromatic ring is 1. The molecule has 0 radical (unpaired) electrons. The van der Waals surface area contributed by atoms with Gasteiger partial charge in [-0.1, -0.05) is 6.07 Å². The van der Waals surface area contributed by atoms with Crippen molar-refractivity contribution in [1.82, 2.24) is 4.90 Å². The lowest BCUT2D eigenvalue weighted by atomic mass is 10.2. The summed E-state index contributed by atoms with van der Waals surface area (Å²) in [6.07, 6.45) is 0. The van der Waals surface area contributed by atoms with E-state index in [-0.39, 0.29) is 5.97 Å². The first-order chi connectivity index (χ1) is 9.15. The van der Waals surface area contributed by atoms with Crippen LogP contribution in [0, 0.1) is 0 Å². The molecule has 0 amide bonds. The molecular formula is C14H21N3O2. The van der Waals surface area contributed by atoms with Crippen molar-refractivity contribution in [2.24, 2.45) is 0 Å². The summed E-state index contributed by atoms with van der Waals surface area (Å²) in [5.41, 5.74) is 7.78. The van der Waals surface area contributed by atoms with Crippen LogP contribution in [0.15, 0.2) is 24.3 Å². The summed E-state index contributed by atoms with van der Waals surface area (Å²) in [6.45, 7) is 6.65. The van der Waals surface area contributed by atoms with Crippen LogP contribution >= 0.6 is 0 Å². The standard InChI is InChI=1S/C14H21N3O2/c1-12(18)19-10-9-16-5-7-17(8-6-16)14-4-2-3-13(15)11-14/h2-4,11H,5-10,15H2,1H3. The Morgan fingerprint density at radius 2 is 2.05 bits per heavy atom. The van der Waals surface area contributed by atoms with Gasteiger partial charge in [0.1, 0.15) is 6.61 Å². The predicted octanol–water partition coefficient (Wildman–Crippen LogP) is 0.954. The third kappa shape index (κ3) is 4.13. The van der Waals surface area contributed by atoms with E-state index in [1.165, 1.54) is 12.6 Å². The minimum Gasteiger partial charge on any atom is -0.465 e. The second-order valence-electron chi connectivity index (χ2n) is 4.76. The first-order valence-electron chi connectivity index (χ1n) is 6.61. The van der Waals surface area contributed by atoms with Crippen molar-refractivity contribution in [2.45, 2.75) is 6.92 Å². The molecule has 1 saturated heterocycles. The molecule has 0 unspecified atom stereocenters. The van der Waals surface area contributed by atoms with Crippen LogP contribution in [-0.4, -0.2) is 50.2 Å². The summed E-state index contributed by atoms with van der Waals surface area (Å²) in [7, 11) is 0. The van der Waals surface area contributed by atoms with Gasteiger partial charge >= 0.3 is 5.97 Å². The number of carbonyl (C=O) groups is 1. The molecule has 5 nitrogen and oxygen atoms in total. The largest absolute Gasteiger partial charge is 0.465 e. The fourth-order valence-corrected chi connectivity index (χ4v) is 2.27. The Bertz CT molecular complexity index is 428. The highest BCUT2D eigenvalue weighted by molar-refractivity contribution is 5.65. The Balaban J connectivity index is 1.77. The molecule has 1 aromatic carbocycles. The van der Waals surface area contributed by atoms with Gasteiger partial charge in [-0.2, -0.15) is 0 Å². The highest BCUT2D eigenvalue weighted by atomic mass is 16.5. The van der Waals surface area contributed by atoms with E-state index in [2.05, 4.69) is 15.9 Å². The molecule has 19 heavy (non-hydrogen) atoms. The zero-order chi connectivity index (χ0) is 13.7. The first kappa shape index (κ1) is 13.7. The quantitative estimate of drug-likeness (QED) is 0.647. The Morgan fingerprint density at radius 1 is 1.32 bits per heavy atom. The van der Waals surface area contributed by atoms with Gasteiger partial charge in [0.15, 0.2) is 0 Å². The number of benzene rings is 1. The molecule has 1 aliphatic rings. The molecule has 0 bridgehead atoms. The van der Waals surface area contributed by atoms with Gasteiger partial charge in [-0.3, -0.25) is 9.69 Å². The van der Waals surface area contributed by atoms with Crippen molar-refractivity contribution >= 4 is 17.3 Å². The average Bonchev–Trinajstić information content (AvgIpc) is 2.39. The lowest BCUT2D eigenvalue weighted by molar-refractivity contribution is -0.141. The molecule has 1 heterocycles. The highest BCUT2D eigenvalue weighted by Gasteiger charge is 2.17. The second kappa shape index (κ2) is 6.43. The van der Waals surface area contributed by atoms with E-state index in [4.69, 9.17) is 10.5 Å². The highest BCUT2D eigenvalue weighted by Crippen LogP contribution is 2.18. The Kier molecular flexibility index (Phi) is 4.63. The molecular weight excluding hydrogens is 242 g/mol. The summed E-state index contributed by atoms with van der Waals surface area (Å²) in [5.74, 6) is -0.210. The van der Waals surface area contributed by atoms with Crippen LogP contribution in [0.3, 0.4) is 0 Å². The Labute approximate surface area is 113 Å². The fourth-order valence-electron chi connectivity index (χ4n) is 2.27. The second-order valence-corrected chi connectivity index (χ2v) is 4.76. The van der Waals surface area contributed by atoms with Crippen molar-refractivity contribution in [3.05, 3.63) is 24.3 Å². The third-order valence-corrected chi connectivity index (χ3v) is 3.32. The van der Waals surface area contributed by atoms with E-state index in [0.717, 1.165) is 38.4 Å². The summed E-state index contributed by atoms with van der Waals surface area (Å²) >= 11 is 0. The maximum Gasteiger partial charge on any atom is 0.302 e. The van der Waals surface area contributed by atoms with E-state index >= 15 is 0 Å². The lowest BCUT2D eigenvalue weighted by Crippen LogP contribution is -2.47. The van der Waals surface area contributed by atoms with E-state index in [1.807, 2.05) is 18.2 Å². The molecule has 1 fully saturated rings. The van der Waals surface area contributed by atoms with Crippen molar-refractivity contribution in [1.29, 1.82) is 0 Å². The van der Waals surface area contributed by atoms with Crippen LogP contribution < -0.4 is 10.6 Å². The van der Waals surface area contributed by atoms with Gasteiger partial charge in [0.05, 0.1) is 0 Å². The monoisotopic (exact) mass is 263 g/mol. The molecule has 5 heteroatoms. The average molecular weight is 263 g/mol. The molecule has 0 aliphatic carbocycles. The van der Waals surface area contributed by atoms with Crippen LogP contribution in [0.4, 0.5) is 11.4 Å². The minimum absolute atomic E-state index is 0.210. The minimum atomic E-state index is -0.210. The molecule has 104 valence electrons. The number of rotatable bonds is 4. The first-order valence-corrected chi connectivity index (χ1v) is 6.61. The summed E-state index contributed by atoms with van der Waals surface area (Å²) < 4.78 is 4.96. The topological polar surface area (TPSA) is 58.8 Å². The lowest BCUT2D eigenvalue weighted by Gasteiger charge is -2.36. The van der Waals surface area contributed by atoms with Crippen LogP contribution in [0.25, 0.3) is 0 Å². The number of piperazine rings is 1. The number of esters is 1. The van der Waals surface area contributed by atoms with Gasteiger partial charge in [0.2, 0.25) is 0 Å². The predicted molar refractivity (Wildman–Crippen MR) is 76.1 cm³/mol. The van der Waals surface area contributed by atoms with Gasteiger partial charge < -0.3 is 15.4 Å². The van der Waals surface area contributed by atoms with Gasteiger partial charge in [-0.15, -0.1) is 0 Å². The van der Waals surface area contributed by atoms with E-state index in [9.17, 15) is 4.79 Å². The van der Waals surface area contributed by atoms with Gasteiger partial charge in [0.25, 0.3) is 0 Å². The number of nitrogens with zero attached hydrogens (tertiary/aromatic N) is 2. The molecule has 2 N–H and O–H groups in total. The zero-order valence-electron chi connectivity index (χ0n) is 11.3. The maximum atomic E-state index is 10.7. The third-order valence-electron chi connectivity index (χ3n) is 3.32. The van der Waals surface area contributed by atoms with Crippen LogP contribution in [0.2, 0.25) is 0 Å². The van der Waals surface area contributed by atoms with Crippen LogP contribution in [-0.2, 0) is 9.53 Å². The van der Waals surface area contributed by atoms with Crippen molar-refractivity contribution < 1.29 is 9.53 Å². The van der Waals surface area contributed by atoms with E-state index < -0.39 is 0 Å². The molecule has 0 saturated carbocycles. The number of nitrogens with two attached hydrogens (primary N) is 1. The number of ether oxygens (including phenoxy) is 1. The number of carbonyl (C=O) groups excluding carboxylic acids is 1. The van der Waals surface area contributed by atoms with Crippen molar-refractivity contribution in [2.75, 3.05) is 50.0 Å². The number of anilines is 2. The SMILES string of the molecule is CC(=O)OCCN1CCN(c2cccc(N)c2)CC1. The molecule has 2 rings (SSSR count). The number of hydrogen-bond acceptors (Lipinski definition) is 5. The zero-order valence-corrected chi connectivity index (χ0v) is 11.3. The van der Waals surface area contributed by atoms with Crippen LogP contribution in [0.5, 0.6) is 0 Å². The van der Waals surface area contributed by atoms with Gasteiger partial charge in [-0.25, -0.2) is 0 Å². The van der Waals surface area contributed by atoms with Crippen molar-refractivity contribution in [3.8, 4) is 0 Å². The van der Waals surface area contributed by atoms with Gasteiger partial charge in [0, 0.05) is 51.0 Å². The van der Waals surface area contributed by atoms with Crippen LogP contribution in [0.1, 0.15) is 6.92 Å². The summed E-state index contributed by atoms with van der Waals surface area (Å²) in [6, 6.07) is 7.98. The molecule has 1 aliphatic heterocycles. The van der Waals surface area contributed by atoms with Gasteiger partial charge in [-0.05, 0) is 18.2 Å². The Morgan fingerprint density at radius 3 is 2.68 bits per heavy atom. The smallest absolute Gasteiger partial charge is 0.302 e. The normalized spacial score (nSPS) is 16.4. The molecule has 0 spiro atoms.